The third-order valence-electron chi connectivity index (χ3n) is 7.14. The molecule has 176 valence electrons. The molecule has 0 unspecified atom stereocenters. The highest BCUT2D eigenvalue weighted by atomic mass is 19.1. The Balaban J connectivity index is 1.65. The summed E-state index contributed by atoms with van der Waals surface area (Å²) in [5.74, 6) is -1.63. The smallest absolute Gasteiger partial charge is 0.332 e. The lowest BCUT2D eigenvalue weighted by Crippen LogP contribution is -2.74. The molecule has 1 atom stereocenters. The van der Waals surface area contributed by atoms with Crippen LogP contribution in [0.4, 0.5) is 26.2 Å². The number of piperazine rings is 1. The number of halogens is 1. The normalized spacial score (nSPS) is 21.6. The fourth-order valence-electron chi connectivity index (χ4n) is 5.43. The number of anilines is 2. The third-order valence-corrected chi connectivity index (χ3v) is 7.14. The maximum atomic E-state index is 13.7. The highest BCUT2D eigenvalue weighted by molar-refractivity contribution is 6.20. The standard InChI is InChI=1S/C23H22FN5O5/c1-25-20(30)23(21(31)26(2)22(25)32)12-14-11-17(29(33)34)7-8-18(14)28-10-9-27(13-19(23)28)16-5-3-15(24)4-6-16/h3-8,11,19H,9-10,12-13H2,1-2H3/t19-/m1/s1. The van der Waals surface area contributed by atoms with Crippen molar-refractivity contribution in [3.8, 4) is 0 Å². The van der Waals surface area contributed by atoms with Gasteiger partial charge in [0.25, 0.3) is 5.69 Å². The molecule has 34 heavy (non-hydrogen) atoms. The van der Waals surface area contributed by atoms with Gasteiger partial charge in [-0.3, -0.25) is 29.5 Å². The number of urea groups is 1. The summed E-state index contributed by atoms with van der Waals surface area (Å²) < 4.78 is 13.5. The Morgan fingerprint density at radius 3 is 2.26 bits per heavy atom. The molecule has 1 spiro atoms. The van der Waals surface area contributed by atoms with Gasteiger partial charge in [0.2, 0.25) is 11.8 Å². The highest BCUT2D eigenvalue weighted by Gasteiger charge is 2.64. The van der Waals surface area contributed by atoms with Gasteiger partial charge in [-0.05, 0) is 35.9 Å². The van der Waals surface area contributed by atoms with E-state index >= 15 is 0 Å². The fraction of sp³-hybridized carbons (Fsp3) is 0.348. The molecule has 2 fully saturated rings. The Morgan fingerprint density at radius 1 is 1.00 bits per heavy atom. The summed E-state index contributed by atoms with van der Waals surface area (Å²) in [6.07, 6.45) is -0.0674. The molecular formula is C23H22FN5O5. The Hall–Kier alpha value is -4.02. The van der Waals surface area contributed by atoms with Gasteiger partial charge >= 0.3 is 6.03 Å². The molecule has 0 bridgehead atoms. The highest BCUT2D eigenvalue weighted by Crippen LogP contribution is 2.47. The zero-order valence-corrected chi connectivity index (χ0v) is 18.6. The van der Waals surface area contributed by atoms with Crippen LogP contribution in [0.5, 0.6) is 0 Å². The Morgan fingerprint density at radius 2 is 1.65 bits per heavy atom. The largest absolute Gasteiger partial charge is 0.368 e. The van der Waals surface area contributed by atoms with E-state index in [1.807, 2.05) is 9.80 Å². The SMILES string of the molecule is CN1C(=O)N(C)C(=O)C2(Cc3cc([N+](=O)[O-])ccc3N3CCN(c4ccc(F)cc4)C[C@@H]32)C1=O. The number of amides is 4. The molecule has 2 aromatic rings. The minimum absolute atomic E-state index is 0.0674. The number of barbiturate groups is 1. The van der Waals surface area contributed by atoms with Crippen LogP contribution in [0.1, 0.15) is 5.56 Å². The predicted molar refractivity (Wildman–Crippen MR) is 120 cm³/mol. The van der Waals surface area contributed by atoms with E-state index in [9.17, 15) is 28.9 Å². The molecule has 3 heterocycles. The van der Waals surface area contributed by atoms with Crippen molar-refractivity contribution in [2.75, 3.05) is 43.5 Å². The minimum Gasteiger partial charge on any atom is -0.368 e. The first-order chi connectivity index (χ1) is 16.1. The number of rotatable bonds is 2. The maximum Gasteiger partial charge on any atom is 0.332 e. The number of carbonyl (C=O) groups excluding carboxylic acids is 3. The average molecular weight is 467 g/mol. The number of hydrogen-bond donors (Lipinski definition) is 0. The molecule has 0 radical (unpaired) electrons. The number of imide groups is 2. The molecule has 4 amide bonds. The summed E-state index contributed by atoms with van der Waals surface area (Å²) in [7, 11) is 2.67. The van der Waals surface area contributed by atoms with E-state index in [4.69, 9.17) is 0 Å². The molecule has 0 aliphatic carbocycles. The van der Waals surface area contributed by atoms with Crippen LogP contribution in [-0.4, -0.2) is 72.3 Å². The zero-order valence-electron chi connectivity index (χ0n) is 18.6. The fourth-order valence-corrected chi connectivity index (χ4v) is 5.43. The number of nitrogens with zero attached hydrogens (tertiary/aromatic N) is 5. The number of fused-ring (bicyclic) bond motifs is 4. The van der Waals surface area contributed by atoms with Crippen molar-refractivity contribution in [2.45, 2.75) is 12.5 Å². The van der Waals surface area contributed by atoms with Crippen LogP contribution in [-0.2, 0) is 16.0 Å². The second kappa shape index (κ2) is 7.51. The first kappa shape index (κ1) is 21.8. The number of benzene rings is 2. The van der Waals surface area contributed by atoms with Gasteiger partial charge in [-0.25, -0.2) is 9.18 Å². The molecule has 3 aliphatic heterocycles. The number of nitro groups is 1. The van der Waals surface area contributed by atoms with Crippen LogP contribution in [0, 0.1) is 21.3 Å². The molecule has 2 aromatic carbocycles. The number of carbonyl (C=O) groups is 3. The van der Waals surface area contributed by atoms with Crippen molar-refractivity contribution in [2.24, 2.45) is 5.41 Å². The molecule has 2 saturated heterocycles. The van der Waals surface area contributed by atoms with Gasteiger partial charge in [0.05, 0.1) is 11.0 Å². The van der Waals surface area contributed by atoms with Crippen molar-refractivity contribution in [3.63, 3.8) is 0 Å². The van der Waals surface area contributed by atoms with Crippen LogP contribution >= 0.6 is 0 Å². The van der Waals surface area contributed by atoms with E-state index in [0.29, 0.717) is 18.7 Å². The Kier molecular flexibility index (Phi) is 4.81. The number of nitro benzene ring substituents is 1. The van der Waals surface area contributed by atoms with Crippen molar-refractivity contribution >= 4 is 34.9 Å². The topological polar surface area (TPSA) is 107 Å². The first-order valence-corrected chi connectivity index (χ1v) is 10.8. The second-order valence-corrected chi connectivity index (χ2v) is 8.86. The molecule has 3 aliphatic rings. The van der Waals surface area contributed by atoms with Crippen molar-refractivity contribution in [3.05, 3.63) is 64.0 Å². The van der Waals surface area contributed by atoms with E-state index in [1.54, 1.807) is 18.2 Å². The monoisotopic (exact) mass is 467 g/mol. The lowest BCUT2D eigenvalue weighted by Gasteiger charge is -2.56. The summed E-state index contributed by atoms with van der Waals surface area (Å²) in [6.45, 7) is 1.23. The van der Waals surface area contributed by atoms with Gasteiger partial charge in [-0.1, -0.05) is 0 Å². The number of hydrogen-bond acceptors (Lipinski definition) is 7. The molecule has 0 N–H and O–H groups in total. The summed E-state index contributed by atoms with van der Waals surface area (Å²) in [6, 6.07) is 9.09. The Labute approximate surface area is 194 Å². The van der Waals surface area contributed by atoms with Gasteiger partial charge in [0.1, 0.15) is 5.82 Å². The minimum atomic E-state index is -1.64. The van der Waals surface area contributed by atoms with Gasteiger partial charge in [0.15, 0.2) is 5.41 Å². The van der Waals surface area contributed by atoms with E-state index < -0.39 is 34.2 Å². The predicted octanol–water partition coefficient (Wildman–Crippen LogP) is 2.02. The van der Waals surface area contributed by atoms with Crippen molar-refractivity contribution in [1.29, 1.82) is 0 Å². The van der Waals surface area contributed by atoms with Crippen LogP contribution in [0.25, 0.3) is 0 Å². The molecule has 10 nitrogen and oxygen atoms in total. The third kappa shape index (κ3) is 2.96. The van der Waals surface area contributed by atoms with Crippen LogP contribution < -0.4 is 9.80 Å². The van der Waals surface area contributed by atoms with E-state index in [0.717, 1.165) is 21.2 Å². The van der Waals surface area contributed by atoms with Gasteiger partial charge < -0.3 is 9.80 Å². The van der Waals surface area contributed by atoms with Crippen molar-refractivity contribution < 1.29 is 23.7 Å². The molecule has 0 aromatic heterocycles. The van der Waals surface area contributed by atoms with Gasteiger partial charge in [0, 0.05) is 63.7 Å². The van der Waals surface area contributed by atoms with E-state index in [2.05, 4.69) is 0 Å². The lowest BCUT2D eigenvalue weighted by molar-refractivity contribution is -0.384. The first-order valence-electron chi connectivity index (χ1n) is 10.8. The molecule has 5 rings (SSSR count). The van der Waals surface area contributed by atoms with Crippen molar-refractivity contribution in [1.82, 2.24) is 9.80 Å². The van der Waals surface area contributed by atoms with E-state index in [-0.39, 0.29) is 24.5 Å². The second-order valence-electron chi connectivity index (χ2n) is 8.86. The number of non-ortho nitro benzene ring substituents is 1. The maximum absolute atomic E-state index is 13.7. The van der Waals surface area contributed by atoms with E-state index in [1.165, 1.54) is 38.4 Å². The lowest BCUT2D eigenvalue weighted by atomic mass is 9.67. The Bertz CT molecular complexity index is 1210. The average Bonchev–Trinajstić information content (AvgIpc) is 2.84. The van der Waals surface area contributed by atoms with Crippen LogP contribution in [0.15, 0.2) is 42.5 Å². The molecule has 11 heteroatoms. The zero-order chi connectivity index (χ0) is 24.4. The molecular weight excluding hydrogens is 445 g/mol. The summed E-state index contributed by atoms with van der Waals surface area (Å²) in [4.78, 5) is 56.5. The summed E-state index contributed by atoms with van der Waals surface area (Å²) >= 11 is 0. The molecule has 0 saturated carbocycles. The quantitative estimate of drug-likeness (QED) is 0.378. The van der Waals surface area contributed by atoms with Gasteiger partial charge in [-0.2, -0.15) is 0 Å². The summed E-state index contributed by atoms with van der Waals surface area (Å²) in [5, 5.41) is 11.4. The van der Waals surface area contributed by atoms with Crippen LogP contribution in [0.2, 0.25) is 0 Å². The van der Waals surface area contributed by atoms with Gasteiger partial charge in [-0.15, -0.1) is 0 Å². The van der Waals surface area contributed by atoms with Crippen LogP contribution in [0.3, 0.4) is 0 Å². The summed E-state index contributed by atoms with van der Waals surface area (Å²) in [5.41, 5.74) is 0.213.